The van der Waals surface area contributed by atoms with Crippen LogP contribution < -0.4 is 14.8 Å². The standard InChI is InChI=1S/C22H28N2O5/c1-4-5-10-23-21(25)18-14-24(22(26)19-7-6-11-29-19)13-17(18)16-9-8-15(27-2)12-20(16)28-3/h6-9,11-12,17-18H,4-5,10,13-14H2,1-3H3,(H,23,25). The zero-order valence-electron chi connectivity index (χ0n) is 17.1. The molecule has 1 N–H and O–H groups in total. The summed E-state index contributed by atoms with van der Waals surface area (Å²) >= 11 is 0. The molecule has 1 aliphatic rings. The quantitative estimate of drug-likeness (QED) is 0.689. The Hall–Kier alpha value is -2.96. The van der Waals surface area contributed by atoms with Gasteiger partial charge in [0.15, 0.2) is 5.76 Å². The number of nitrogens with one attached hydrogen (secondary N) is 1. The maximum Gasteiger partial charge on any atom is 0.289 e. The fraction of sp³-hybridized carbons (Fsp3) is 0.455. The van der Waals surface area contributed by atoms with Crippen LogP contribution in [0.5, 0.6) is 11.5 Å². The maximum absolute atomic E-state index is 12.9. The molecule has 1 aromatic heterocycles. The Labute approximate surface area is 171 Å². The second-order valence-electron chi connectivity index (χ2n) is 7.15. The van der Waals surface area contributed by atoms with E-state index in [9.17, 15) is 9.59 Å². The van der Waals surface area contributed by atoms with E-state index in [4.69, 9.17) is 13.9 Å². The van der Waals surface area contributed by atoms with Gasteiger partial charge in [0.25, 0.3) is 5.91 Å². The second-order valence-corrected chi connectivity index (χ2v) is 7.15. The van der Waals surface area contributed by atoms with E-state index in [0.29, 0.717) is 31.1 Å². The molecule has 2 heterocycles. The predicted octanol–water partition coefficient (Wildman–Crippen LogP) is 3.07. The molecule has 29 heavy (non-hydrogen) atoms. The molecule has 2 aromatic rings. The van der Waals surface area contributed by atoms with Gasteiger partial charge >= 0.3 is 0 Å². The average molecular weight is 400 g/mol. The third kappa shape index (κ3) is 4.55. The summed E-state index contributed by atoms with van der Waals surface area (Å²) in [5.74, 6) is 0.790. The van der Waals surface area contributed by atoms with Gasteiger partial charge in [-0.3, -0.25) is 9.59 Å². The maximum atomic E-state index is 12.9. The van der Waals surface area contributed by atoms with Gasteiger partial charge in [0.1, 0.15) is 11.5 Å². The van der Waals surface area contributed by atoms with Crippen LogP contribution in [0.25, 0.3) is 0 Å². The molecular formula is C22H28N2O5. The van der Waals surface area contributed by atoms with Gasteiger partial charge in [-0.05, 0) is 24.6 Å². The minimum Gasteiger partial charge on any atom is -0.497 e. The van der Waals surface area contributed by atoms with Gasteiger partial charge in [-0.25, -0.2) is 0 Å². The normalized spacial score (nSPS) is 18.5. The van der Waals surface area contributed by atoms with Crippen molar-refractivity contribution in [1.82, 2.24) is 10.2 Å². The van der Waals surface area contributed by atoms with E-state index in [0.717, 1.165) is 18.4 Å². The van der Waals surface area contributed by atoms with Gasteiger partial charge in [0.2, 0.25) is 5.91 Å². The summed E-state index contributed by atoms with van der Waals surface area (Å²) < 4.78 is 16.1. The molecule has 1 fully saturated rings. The van der Waals surface area contributed by atoms with Crippen LogP contribution in [0.2, 0.25) is 0 Å². The first-order valence-corrected chi connectivity index (χ1v) is 9.91. The zero-order chi connectivity index (χ0) is 20.8. The van der Waals surface area contributed by atoms with Crippen LogP contribution in [0.15, 0.2) is 41.0 Å². The Morgan fingerprint density at radius 2 is 2.03 bits per heavy atom. The highest BCUT2D eigenvalue weighted by molar-refractivity contribution is 5.92. The number of hydrogen-bond acceptors (Lipinski definition) is 5. The van der Waals surface area contributed by atoms with Crippen molar-refractivity contribution in [3.63, 3.8) is 0 Å². The van der Waals surface area contributed by atoms with Gasteiger partial charge in [0.05, 0.1) is 26.4 Å². The molecule has 7 nitrogen and oxygen atoms in total. The van der Waals surface area contributed by atoms with Crippen LogP contribution in [0, 0.1) is 5.92 Å². The average Bonchev–Trinajstić information content (AvgIpc) is 3.43. The SMILES string of the molecule is CCCCNC(=O)C1CN(C(=O)c2ccco2)CC1c1ccc(OC)cc1OC. The van der Waals surface area contributed by atoms with Crippen LogP contribution in [0.3, 0.4) is 0 Å². The highest BCUT2D eigenvalue weighted by Gasteiger charge is 2.42. The highest BCUT2D eigenvalue weighted by atomic mass is 16.5. The van der Waals surface area contributed by atoms with Crippen molar-refractivity contribution in [3.8, 4) is 11.5 Å². The number of carbonyl (C=O) groups excluding carboxylic acids is 2. The topological polar surface area (TPSA) is 81.0 Å². The smallest absolute Gasteiger partial charge is 0.289 e. The van der Waals surface area contributed by atoms with E-state index in [1.54, 1.807) is 37.3 Å². The van der Waals surface area contributed by atoms with E-state index in [-0.39, 0.29) is 29.4 Å². The summed E-state index contributed by atoms with van der Waals surface area (Å²) in [5, 5.41) is 3.01. The molecule has 3 rings (SSSR count). The van der Waals surface area contributed by atoms with Gasteiger partial charge in [-0.1, -0.05) is 19.4 Å². The first-order valence-electron chi connectivity index (χ1n) is 9.91. The first-order chi connectivity index (χ1) is 14.1. The van der Waals surface area contributed by atoms with Crippen LogP contribution in [0.1, 0.15) is 41.8 Å². The number of methoxy groups -OCH3 is 2. The Bertz CT molecular complexity index is 834. The molecule has 0 saturated carbocycles. The number of ether oxygens (including phenoxy) is 2. The summed E-state index contributed by atoms with van der Waals surface area (Å²) in [6, 6.07) is 8.89. The molecule has 0 radical (unpaired) electrons. The van der Waals surface area contributed by atoms with E-state index in [2.05, 4.69) is 12.2 Å². The number of rotatable bonds is 8. The number of unbranched alkanes of at least 4 members (excludes halogenated alkanes) is 1. The van der Waals surface area contributed by atoms with Crippen LogP contribution in [0.4, 0.5) is 0 Å². The fourth-order valence-corrected chi connectivity index (χ4v) is 3.75. The predicted molar refractivity (Wildman–Crippen MR) is 108 cm³/mol. The minimum absolute atomic E-state index is 0.0453. The number of hydrogen-bond donors (Lipinski definition) is 1. The van der Waals surface area contributed by atoms with Crippen LogP contribution in [-0.2, 0) is 4.79 Å². The van der Waals surface area contributed by atoms with Gasteiger partial charge in [0, 0.05) is 37.2 Å². The fourth-order valence-electron chi connectivity index (χ4n) is 3.75. The van der Waals surface area contributed by atoms with Crippen molar-refractivity contribution in [2.45, 2.75) is 25.7 Å². The van der Waals surface area contributed by atoms with Crippen molar-refractivity contribution in [2.24, 2.45) is 5.92 Å². The molecule has 0 aliphatic carbocycles. The molecule has 2 atom stereocenters. The Balaban J connectivity index is 1.88. The summed E-state index contributed by atoms with van der Waals surface area (Å²) in [7, 11) is 3.19. The van der Waals surface area contributed by atoms with Crippen molar-refractivity contribution in [2.75, 3.05) is 33.9 Å². The lowest BCUT2D eigenvalue weighted by Gasteiger charge is -2.21. The van der Waals surface area contributed by atoms with Crippen molar-refractivity contribution in [3.05, 3.63) is 47.9 Å². The Morgan fingerprint density at radius 1 is 1.21 bits per heavy atom. The molecule has 1 aromatic carbocycles. The summed E-state index contributed by atoms with van der Waals surface area (Å²) in [5.41, 5.74) is 0.888. The summed E-state index contributed by atoms with van der Waals surface area (Å²) in [6.45, 7) is 3.45. The molecular weight excluding hydrogens is 372 g/mol. The minimum atomic E-state index is -0.368. The van der Waals surface area contributed by atoms with Gasteiger partial charge in [-0.2, -0.15) is 0 Å². The van der Waals surface area contributed by atoms with Gasteiger partial charge in [-0.15, -0.1) is 0 Å². The molecule has 1 aliphatic heterocycles. The number of likely N-dealkylation sites (tertiary alicyclic amines) is 1. The van der Waals surface area contributed by atoms with Crippen molar-refractivity contribution >= 4 is 11.8 Å². The summed E-state index contributed by atoms with van der Waals surface area (Å²) in [6.07, 6.45) is 3.40. The number of nitrogens with zero attached hydrogens (tertiary/aromatic N) is 1. The number of amides is 2. The molecule has 1 saturated heterocycles. The number of carbonyl (C=O) groups is 2. The van der Waals surface area contributed by atoms with E-state index in [1.165, 1.54) is 6.26 Å². The van der Waals surface area contributed by atoms with Crippen molar-refractivity contribution < 1.29 is 23.5 Å². The summed E-state index contributed by atoms with van der Waals surface area (Å²) in [4.78, 5) is 27.4. The number of furan rings is 1. The highest BCUT2D eigenvalue weighted by Crippen LogP contribution is 2.39. The van der Waals surface area contributed by atoms with E-state index >= 15 is 0 Å². The van der Waals surface area contributed by atoms with Crippen LogP contribution in [-0.4, -0.2) is 50.6 Å². The second kappa shape index (κ2) is 9.49. The van der Waals surface area contributed by atoms with Crippen LogP contribution >= 0.6 is 0 Å². The molecule has 2 unspecified atom stereocenters. The molecule has 156 valence electrons. The third-order valence-corrected chi connectivity index (χ3v) is 5.35. The lowest BCUT2D eigenvalue weighted by atomic mass is 9.87. The molecule has 0 bridgehead atoms. The number of benzene rings is 1. The Morgan fingerprint density at radius 3 is 2.69 bits per heavy atom. The third-order valence-electron chi connectivity index (χ3n) is 5.35. The lowest BCUT2D eigenvalue weighted by Crippen LogP contribution is -2.36. The zero-order valence-corrected chi connectivity index (χ0v) is 17.1. The van der Waals surface area contributed by atoms with Gasteiger partial charge < -0.3 is 24.1 Å². The monoisotopic (exact) mass is 400 g/mol. The van der Waals surface area contributed by atoms with E-state index in [1.807, 2.05) is 12.1 Å². The Kier molecular flexibility index (Phi) is 6.80. The largest absolute Gasteiger partial charge is 0.497 e. The molecule has 7 heteroatoms. The lowest BCUT2D eigenvalue weighted by molar-refractivity contribution is -0.124. The van der Waals surface area contributed by atoms with Crippen molar-refractivity contribution in [1.29, 1.82) is 0 Å². The first kappa shape index (κ1) is 20.8. The molecule has 2 amide bonds. The molecule has 0 spiro atoms. The van der Waals surface area contributed by atoms with E-state index < -0.39 is 0 Å².